The maximum absolute atomic E-state index is 10.7. The molecule has 1 atom stereocenters. The van der Waals surface area contributed by atoms with E-state index in [9.17, 15) is 4.79 Å². The summed E-state index contributed by atoms with van der Waals surface area (Å²) in [6.07, 6.45) is 1.29. The third-order valence-corrected chi connectivity index (χ3v) is 1.78. The highest BCUT2D eigenvalue weighted by atomic mass is 35.5. The van der Waals surface area contributed by atoms with E-state index in [1.54, 1.807) is 6.92 Å². The molecule has 1 heterocycles. The maximum atomic E-state index is 10.7. The molecule has 4 nitrogen and oxygen atoms in total. The van der Waals surface area contributed by atoms with Crippen LogP contribution in [0.4, 0.5) is 0 Å². The second kappa shape index (κ2) is 3.72. The number of nitrogens with two attached hydrogens (primary N) is 1. The van der Waals surface area contributed by atoms with Gasteiger partial charge >= 0.3 is 5.97 Å². The summed E-state index contributed by atoms with van der Waals surface area (Å²) in [4.78, 5) is 14.4. The normalized spacial score (nSPS) is 12.5. The van der Waals surface area contributed by atoms with Gasteiger partial charge in [0.2, 0.25) is 0 Å². The number of nitrogens with zero attached hydrogens (tertiary/aromatic N) is 1. The first-order valence-corrected chi connectivity index (χ1v) is 4.04. The molecular weight excluding hydrogens is 192 g/mol. The molecule has 0 aliphatic heterocycles. The van der Waals surface area contributed by atoms with Crippen LogP contribution in [0.2, 0.25) is 5.02 Å². The van der Waals surface area contributed by atoms with Gasteiger partial charge in [0.1, 0.15) is 0 Å². The Hall–Kier alpha value is -1.13. The van der Waals surface area contributed by atoms with Gasteiger partial charge in [-0.1, -0.05) is 11.6 Å². The Morgan fingerprint density at radius 3 is 2.85 bits per heavy atom. The van der Waals surface area contributed by atoms with Crippen LogP contribution in [0.1, 0.15) is 29.0 Å². The largest absolute Gasteiger partial charge is 0.477 e. The van der Waals surface area contributed by atoms with Crippen LogP contribution in [0.15, 0.2) is 12.3 Å². The topological polar surface area (TPSA) is 76.2 Å². The molecule has 0 spiro atoms. The number of aromatic carboxylic acids is 1. The van der Waals surface area contributed by atoms with Gasteiger partial charge in [-0.15, -0.1) is 0 Å². The summed E-state index contributed by atoms with van der Waals surface area (Å²) in [6, 6.07) is 1.13. The molecule has 0 unspecified atom stereocenters. The molecule has 0 saturated heterocycles. The lowest BCUT2D eigenvalue weighted by Gasteiger charge is -2.08. The Bertz CT molecular complexity index is 339. The number of aromatic nitrogens is 1. The summed E-state index contributed by atoms with van der Waals surface area (Å²) in [5.74, 6) is -1.09. The lowest BCUT2D eigenvalue weighted by Crippen LogP contribution is -2.13. The Labute approximate surface area is 80.3 Å². The third kappa shape index (κ3) is 2.17. The minimum absolute atomic E-state index is 0.0422. The lowest BCUT2D eigenvalue weighted by atomic mass is 10.1. The van der Waals surface area contributed by atoms with Crippen molar-refractivity contribution in [2.75, 3.05) is 0 Å². The molecule has 0 aliphatic rings. The van der Waals surface area contributed by atoms with Crippen molar-refractivity contribution in [2.45, 2.75) is 13.0 Å². The summed E-state index contributed by atoms with van der Waals surface area (Å²) < 4.78 is 0. The average molecular weight is 201 g/mol. The molecule has 3 N–H and O–H groups in total. The molecule has 0 aromatic carbocycles. The molecule has 0 fully saturated rings. The highest BCUT2D eigenvalue weighted by Gasteiger charge is 2.14. The number of carboxylic acid groups (broad SMARTS) is 1. The monoisotopic (exact) mass is 200 g/mol. The molecule has 1 rings (SSSR count). The van der Waals surface area contributed by atoms with Gasteiger partial charge < -0.3 is 10.8 Å². The van der Waals surface area contributed by atoms with Gasteiger partial charge in [-0.05, 0) is 13.0 Å². The SMILES string of the molecule is C[C@H](N)c1cc(Cl)cnc1C(=O)O. The first kappa shape index (κ1) is 9.95. The van der Waals surface area contributed by atoms with Gasteiger partial charge in [0.15, 0.2) is 5.69 Å². The molecule has 0 saturated carbocycles. The van der Waals surface area contributed by atoms with Crippen LogP contribution in [0, 0.1) is 0 Å². The van der Waals surface area contributed by atoms with E-state index in [-0.39, 0.29) is 5.69 Å². The summed E-state index contributed by atoms with van der Waals surface area (Å²) in [7, 11) is 0. The predicted octanol–water partition coefficient (Wildman–Crippen LogP) is 1.45. The molecule has 0 radical (unpaired) electrons. The van der Waals surface area contributed by atoms with E-state index in [1.165, 1.54) is 12.3 Å². The third-order valence-electron chi connectivity index (χ3n) is 1.58. The van der Waals surface area contributed by atoms with Gasteiger partial charge in [-0.25, -0.2) is 9.78 Å². The Morgan fingerprint density at radius 1 is 1.77 bits per heavy atom. The fourth-order valence-corrected chi connectivity index (χ4v) is 1.15. The van der Waals surface area contributed by atoms with Gasteiger partial charge in [0, 0.05) is 17.8 Å². The zero-order chi connectivity index (χ0) is 10.0. The van der Waals surface area contributed by atoms with E-state index in [1.807, 2.05) is 0 Å². The van der Waals surface area contributed by atoms with Crippen molar-refractivity contribution in [1.82, 2.24) is 4.98 Å². The number of carbonyl (C=O) groups is 1. The van der Waals surface area contributed by atoms with Crippen LogP contribution < -0.4 is 5.73 Å². The van der Waals surface area contributed by atoms with Crippen molar-refractivity contribution in [3.63, 3.8) is 0 Å². The number of carboxylic acids is 1. The number of halogens is 1. The average Bonchev–Trinajstić information content (AvgIpc) is 2.03. The molecular formula is C8H9ClN2O2. The maximum Gasteiger partial charge on any atom is 0.354 e. The molecule has 1 aromatic rings. The Morgan fingerprint density at radius 2 is 2.38 bits per heavy atom. The van der Waals surface area contributed by atoms with E-state index in [0.717, 1.165) is 0 Å². The van der Waals surface area contributed by atoms with Crippen LogP contribution in [0.3, 0.4) is 0 Å². The number of pyridine rings is 1. The summed E-state index contributed by atoms with van der Waals surface area (Å²) in [5, 5.41) is 9.13. The van der Waals surface area contributed by atoms with Crippen LogP contribution in [-0.2, 0) is 0 Å². The van der Waals surface area contributed by atoms with Crippen LogP contribution in [0.25, 0.3) is 0 Å². The van der Waals surface area contributed by atoms with E-state index in [0.29, 0.717) is 10.6 Å². The van der Waals surface area contributed by atoms with Crippen molar-refractivity contribution in [2.24, 2.45) is 5.73 Å². The molecule has 0 bridgehead atoms. The van der Waals surface area contributed by atoms with E-state index < -0.39 is 12.0 Å². The Balaban J connectivity index is 3.26. The van der Waals surface area contributed by atoms with E-state index in [2.05, 4.69) is 4.98 Å². The van der Waals surface area contributed by atoms with E-state index in [4.69, 9.17) is 22.4 Å². The highest BCUT2D eigenvalue weighted by Crippen LogP contribution is 2.18. The summed E-state index contributed by atoms with van der Waals surface area (Å²) >= 11 is 5.65. The first-order chi connectivity index (χ1) is 6.02. The van der Waals surface area contributed by atoms with Gasteiger partial charge in [-0.3, -0.25) is 0 Å². The van der Waals surface area contributed by atoms with Crippen molar-refractivity contribution in [1.29, 1.82) is 0 Å². The predicted molar refractivity (Wildman–Crippen MR) is 48.8 cm³/mol. The van der Waals surface area contributed by atoms with Crippen molar-refractivity contribution < 1.29 is 9.90 Å². The second-order valence-corrected chi connectivity index (χ2v) is 3.12. The molecule has 5 heteroatoms. The highest BCUT2D eigenvalue weighted by molar-refractivity contribution is 6.30. The molecule has 1 aromatic heterocycles. The van der Waals surface area contributed by atoms with Crippen LogP contribution >= 0.6 is 11.6 Å². The number of hydrogen-bond acceptors (Lipinski definition) is 3. The van der Waals surface area contributed by atoms with Gasteiger partial charge in [0.25, 0.3) is 0 Å². The molecule has 0 aliphatic carbocycles. The molecule has 70 valence electrons. The fourth-order valence-electron chi connectivity index (χ4n) is 0.981. The standard InChI is InChI=1S/C8H9ClN2O2/c1-4(10)6-2-5(9)3-11-7(6)8(12)13/h2-4H,10H2,1H3,(H,12,13)/t4-/m0/s1. The smallest absolute Gasteiger partial charge is 0.354 e. The van der Waals surface area contributed by atoms with Gasteiger partial charge in [-0.2, -0.15) is 0 Å². The van der Waals surface area contributed by atoms with Crippen molar-refractivity contribution in [3.8, 4) is 0 Å². The quantitative estimate of drug-likeness (QED) is 0.758. The first-order valence-electron chi connectivity index (χ1n) is 3.66. The zero-order valence-corrected chi connectivity index (χ0v) is 7.75. The molecule has 0 amide bonds. The lowest BCUT2D eigenvalue weighted by molar-refractivity contribution is 0.0688. The minimum Gasteiger partial charge on any atom is -0.477 e. The van der Waals surface area contributed by atoms with Crippen molar-refractivity contribution in [3.05, 3.63) is 28.5 Å². The minimum atomic E-state index is -1.09. The van der Waals surface area contributed by atoms with E-state index >= 15 is 0 Å². The summed E-state index contributed by atoms with van der Waals surface area (Å²) in [5.41, 5.74) is 5.96. The Kier molecular flexibility index (Phi) is 2.85. The summed E-state index contributed by atoms with van der Waals surface area (Å²) in [6.45, 7) is 1.68. The fraction of sp³-hybridized carbons (Fsp3) is 0.250. The number of rotatable bonds is 2. The van der Waals surface area contributed by atoms with Crippen LogP contribution in [0.5, 0.6) is 0 Å². The van der Waals surface area contributed by atoms with Crippen LogP contribution in [-0.4, -0.2) is 16.1 Å². The molecule has 13 heavy (non-hydrogen) atoms. The zero-order valence-electron chi connectivity index (χ0n) is 6.99. The van der Waals surface area contributed by atoms with Gasteiger partial charge in [0.05, 0.1) is 5.02 Å². The van der Waals surface area contributed by atoms with Crippen molar-refractivity contribution >= 4 is 17.6 Å². The number of hydrogen-bond donors (Lipinski definition) is 2. The second-order valence-electron chi connectivity index (χ2n) is 2.69.